The number of benzene rings is 1. The molecular weight excluding hydrogens is 333 g/mol. The average Bonchev–Trinajstić information content (AvgIpc) is 2.81. The molecule has 1 amide bonds. The lowest BCUT2D eigenvalue weighted by Crippen LogP contribution is -2.26. The van der Waals surface area contributed by atoms with E-state index in [0.29, 0.717) is 15.9 Å². The molecule has 2 rings (SSSR count). The molecule has 0 radical (unpaired) electrons. The Hall–Kier alpha value is -1.78. The van der Waals surface area contributed by atoms with Gasteiger partial charge in [-0.25, -0.2) is 4.68 Å². The largest absolute Gasteiger partial charge is 0.307 e. The van der Waals surface area contributed by atoms with Crippen LogP contribution < -0.4 is 5.32 Å². The molecule has 0 fully saturated rings. The van der Waals surface area contributed by atoms with E-state index >= 15 is 0 Å². The van der Waals surface area contributed by atoms with Crippen molar-refractivity contribution in [3.63, 3.8) is 0 Å². The van der Waals surface area contributed by atoms with Crippen LogP contribution in [0.15, 0.2) is 30.3 Å². The molecule has 23 heavy (non-hydrogen) atoms. The van der Waals surface area contributed by atoms with E-state index < -0.39 is 0 Å². The monoisotopic (exact) mass is 351 g/mol. The predicted molar refractivity (Wildman–Crippen MR) is 96.1 cm³/mol. The molecule has 0 bridgehead atoms. The van der Waals surface area contributed by atoms with Crippen LogP contribution in [0.5, 0.6) is 0 Å². The van der Waals surface area contributed by atoms with Gasteiger partial charge in [-0.1, -0.05) is 29.3 Å². The van der Waals surface area contributed by atoms with Gasteiger partial charge in [0.25, 0.3) is 0 Å². The van der Waals surface area contributed by atoms with Gasteiger partial charge in [0.2, 0.25) is 5.91 Å². The second kappa shape index (κ2) is 6.77. The number of hydrogen-bond donors (Lipinski definition) is 1. The summed E-state index contributed by atoms with van der Waals surface area (Å²) in [5.74, 6) is 0.431. The van der Waals surface area contributed by atoms with Crippen LogP contribution >= 0.6 is 23.2 Å². The van der Waals surface area contributed by atoms with Crippen molar-refractivity contribution in [3.05, 3.63) is 51.6 Å². The van der Waals surface area contributed by atoms with Gasteiger partial charge in [-0.05, 0) is 51.5 Å². The van der Waals surface area contributed by atoms with Crippen molar-refractivity contribution in [3.8, 4) is 0 Å². The Bertz CT molecular complexity index is 758. The minimum atomic E-state index is -0.235. The van der Waals surface area contributed by atoms with Crippen molar-refractivity contribution in [2.45, 2.75) is 33.2 Å². The predicted octanol–water partition coefficient (Wildman–Crippen LogP) is 4.91. The van der Waals surface area contributed by atoms with E-state index in [1.54, 1.807) is 29.0 Å². The zero-order chi connectivity index (χ0) is 17.2. The van der Waals surface area contributed by atoms with Crippen molar-refractivity contribution in [2.24, 2.45) is 0 Å². The summed E-state index contributed by atoms with van der Waals surface area (Å²) in [6, 6.07) is 7.04. The molecule has 0 atom stereocenters. The third-order valence-corrected chi connectivity index (χ3v) is 3.83. The molecule has 0 saturated carbocycles. The van der Waals surface area contributed by atoms with Crippen LogP contribution in [0.1, 0.15) is 32.0 Å². The Morgan fingerprint density at radius 2 is 1.91 bits per heavy atom. The Labute approximate surface area is 146 Å². The molecule has 1 aromatic heterocycles. The second-order valence-corrected chi connectivity index (χ2v) is 7.06. The maximum absolute atomic E-state index is 12.1. The lowest BCUT2D eigenvalue weighted by molar-refractivity contribution is -0.111. The van der Waals surface area contributed by atoms with Crippen molar-refractivity contribution in [1.29, 1.82) is 0 Å². The van der Waals surface area contributed by atoms with E-state index in [-0.39, 0.29) is 11.4 Å². The number of aryl methyl sites for hydroxylation is 1. The molecule has 1 heterocycles. The van der Waals surface area contributed by atoms with Crippen LogP contribution in [-0.2, 0) is 10.3 Å². The van der Waals surface area contributed by atoms with Gasteiger partial charge < -0.3 is 5.32 Å². The number of carbonyl (C=O) groups excluding carboxylic acids is 1. The molecule has 0 unspecified atom stereocenters. The number of amides is 1. The number of carbonyl (C=O) groups is 1. The zero-order valence-corrected chi connectivity index (χ0v) is 15.0. The molecule has 0 saturated heterocycles. The van der Waals surface area contributed by atoms with E-state index in [1.807, 2.05) is 33.8 Å². The average molecular weight is 352 g/mol. The summed E-state index contributed by atoms with van der Waals surface area (Å²) in [5.41, 5.74) is 1.43. The van der Waals surface area contributed by atoms with Crippen LogP contribution in [0.25, 0.3) is 6.08 Å². The molecule has 122 valence electrons. The van der Waals surface area contributed by atoms with Gasteiger partial charge >= 0.3 is 0 Å². The van der Waals surface area contributed by atoms with Gasteiger partial charge in [0.1, 0.15) is 5.82 Å². The normalized spacial score (nSPS) is 11.9. The van der Waals surface area contributed by atoms with E-state index in [0.717, 1.165) is 11.3 Å². The first-order valence-electron chi connectivity index (χ1n) is 7.18. The number of halogens is 2. The SMILES string of the molecule is Cc1cc(NC(=O)/C=C/c2ccc(Cl)c(Cl)c2)n(C(C)(C)C)n1. The molecule has 0 aliphatic rings. The number of nitrogens with zero attached hydrogens (tertiary/aromatic N) is 2. The van der Waals surface area contributed by atoms with Gasteiger partial charge in [0, 0.05) is 12.1 Å². The fourth-order valence-electron chi connectivity index (χ4n) is 2.06. The molecule has 6 heteroatoms. The van der Waals surface area contributed by atoms with Crippen LogP contribution in [0.4, 0.5) is 5.82 Å². The van der Waals surface area contributed by atoms with Crippen molar-refractivity contribution in [2.75, 3.05) is 5.32 Å². The molecule has 0 aliphatic heterocycles. The highest BCUT2D eigenvalue weighted by Gasteiger charge is 2.19. The summed E-state index contributed by atoms with van der Waals surface area (Å²) in [5, 5.41) is 8.21. The minimum absolute atomic E-state index is 0.218. The fourth-order valence-corrected chi connectivity index (χ4v) is 2.36. The van der Waals surface area contributed by atoms with Crippen LogP contribution in [0.2, 0.25) is 10.0 Å². The third-order valence-electron chi connectivity index (χ3n) is 3.09. The molecule has 4 nitrogen and oxygen atoms in total. The quantitative estimate of drug-likeness (QED) is 0.798. The standard InChI is InChI=1S/C17H19Cl2N3O/c1-11-9-15(22(21-11)17(2,3)4)20-16(23)8-6-12-5-7-13(18)14(19)10-12/h5-10H,1-4H3,(H,20,23)/b8-6+. The first-order chi connectivity index (χ1) is 10.7. The van der Waals surface area contributed by atoms with Crippen LogP contribution in [-0.4, -0.2) is 15.7 Å². The number of hydrogen-bond acceptors (Lipinski definition) is 2. The molecular formula is C17H19Cl2N3O. The summed E-state index contributed by atoms with van der Waals surface area (Å²) in [4.78, 5) is 12.1. The van der Waals surface area contributed by atoms with Crippen molar-refractivity contribution < 1.29 is 4.79 Å². The lowest BCUT2D eigenvalue weighted by atomic mass is 10.1. The Balaban J connectivity index is 2.14. The third kappa shape index (κ3) is 4.60. The van der Waals surface area contributed by atoms with Gasteiger partial charge in [0.15, 0.2) is 0 Å². The number of rotatable bonds is 3. The zero-order valence-electron chi connectivity index (χ0n) is 13.5. The minimum Gasteiger partial charge on any atom is -0.307 e. The number of nitrogens with one attached hydrogen (secondary N) is 1. The van der Waals surface area contributed by atoms with E-state index in [9.17, 15) is 4.79 Å². The smallest absolute Gasteiger partial charge is 0.249 e. The van der Waals surface area contributed by atoms with Gasteiger partial charge in [-0.3, -0.25) is 4.79 Å². The Morgan fingerprint density at radius 1 is 1.22 bits per heavy atom. The summed E-state index contributed by atoms with van der Waals surface area (Å²) >= 11 is 11.8. The lowest BCUT2D eigenvalue weighted by Gasteiger charge is -2.22. The fraction of sp³-hybridized carbons (Fsp3) is 0.294. The first-order valence-corrected chi connectivity index (χ1v) is 7.93. The molecule has 0 spiro atoms. The van der Waals surface area contributed by atoms with Crippen molar-refractivity contribution in [1.82, 2.24) is 9.78 Å². The highest BCUT2D eigenvalue weighted by atomic mass is 35.5. The maximum atomic E-state index is 12.1. The Kier molecular flexibility index (Phi) is 5.17. The molecule has 2 aromatic rings. The topological polar surface area (TPSA) is 46.9 Å². The summed E-state index contributed by atoms with van der Waals surface area (Å²) < 4.78 is 1.80. The van der Waals surface area contributed by atoms with Crippen LogP contribution in [0, 0.1) is 6.92 Å². The highest BCUT2D eigenvalue weighted by Crippen LogP contribution is 2.23. The number of anilines is 1. The Morgan fingerprint density at radius 3 is 2.52 bits per heavy atom. The molecule has 0 aliphatic carbocycles. The summed E-state index contributed by atoms with van der Waals surface area (Å²) in [6.45, 7) is 7.98. The first kappa shape index (κ1) is 17.6. The molecule has 1 N–H and O–H groups in total. The van der Waals surface area contributed by atoms with Gasteiger partial charge in [-0.2, -0.15) is 5.10 Å². The van der Waals surface area contributed by atoms with E-state index in [1.165, 1.54) is 6.08 Å². The second-order valence-electron chi connectivity index (χ2n) is 6.25. The highest BCUT2D eigenvalue weighted by molar-refractivity contribution is 6.42. The van der Waals surface area contributed by atoms with Gasteiger partial charge in [-0.15, -0.1) is 0 Å². The van der Waals surface area contributed by atoms with E-state index in [2.05, 4.69) is 10.4 Å². The number of aromatic nitrogens is 2. The maximum Gasteiger partial charge on any atom is 0.249 e. The summed E-state index contributed by atoms with van der Waals surface area (Å²) in [7, 11) is 0. The molecule has 1 aromatic carbocycles. The summed E-state index contributed by atoms with van der Waals surface area (Å²) in [6.07, 6.45) is 3.14. The van der Waals surface area contributed by atoms with E-state index in [4.69, 9.17) is 23.2 Å². The van der Waals surface area contributed by atoms with Crippen molar-refractivity contribution >= 4 is 41.0 Å². The van der Waals surface area contributed by atoms with Gasteiger partial charge in [0.05, 0.1) is 21.3 Å². The van der Waals surface area contributed by atoms with Crippen LogP contribution in [0.3, 0.4) is 0 Å².